The second-order valence-corrected chi connectivity index (χ2v) is 3.25. The highest BCUT2D eigenvalue weighted by atomic mass is 16.1. The summed E-state index contributed by atoms with van der Waals surface area (Å²) in [5, 5.41) is 0. The number of carbonyl (C=O) groups excluding carboxylic acids is 1. The Morgan fingerprint density at radius 3 is 2.36 bits per heavy atom. The number of rotatable bonds is 5. The second-order valence-electron chi connectivity index (χ2n) is 3.25. The van der Waals surface area contributed by atoms with Gasteiger partial charge in [-0.2, -0.15) is 0 Å². The summed E-state index contributed by atoms with van der Waals surface area (Å²) >= 11 is 0. The van der Waals surface area contributed by atoms with Gasteiger partial charge in [0.1, 0.15) is 0 Å². The molecule has 2 nitrogen and oxygen atoms in total. The van der Waals surface area contributed by atoms with Crippen molar-refractivity contribution in [2.45, 2.75) is 46.1 Å². The summed E-state index contributed by atoms with van der Waals surface area (Å²) in [5.74, 6) is 0.700. The molecule has 0 bridgehead atoms. The van der Waals surface area contributed by atoms with Crippen molar-refractivity contribution in [3.05, 3.63) is 0 Å². The molecule has 0 N–H and O–H groups in total. The van der Waals surface area contributed by atoms with Crippen molar-refractivity contribution < 1.29 is 4.79 Å². The number of nitrogens with zero attached hydrogens (tertiary/aromatic N) is 1. The van der Waals surface area contributed by atoms with Gasteiger partial charge < -0.3 is 0 Å². The maximum Gasteiger partial charge on any atom is 0.235 e. The van der Waals surface area contributed by atoms with Crippen LogP contribution in [0.2, 0.25) is 0 Å². The lowest BCUT2D eigenvalue weighted by molar-refractivity contribution is 0.484. The highest BCUT2D eigenvalue weighted by molar-refractivity contribution is 5.33. The van der Waals surface area contributed by atoms with Gasteiger partial charge in [-0.25, -0.2) is 9.79 Å². The first-order valence-corrected chi connectivity index (χ1v) is 4.27. The normalized spacial score (nSPS) is 12.7. The van der Waals surface area contributed by atoms with Crippen LogP contribution in [0, 0.1) is 5.92 Å². The lowest BCUT2D eigenvalue weighted by Crippen LogP contribution is -2.03. The van der Waals surface area contributed by atoms with Crippen LogP contribution in [0.25, 0.3) is 0 Å². The standard InChI is InChI=1S/C9H17NO/c1-4-9(10-7-11)6-5-8(2)3/h8-9H,4-6H2,1-3H3. The molecule has 0 fully saturated rings. The van der Waals surface area contributed by atoms with E-state index in [2.05, 4.69) is 18.8 Å². The molecule has 0 aromatic heterocycles. The molecule has 0 radical (unpaired) electrons. The van der Waals surface area contributed by atoms with Gasteiger partial charge in [0, 0.05) is 0 Å². The van der Waals surface area contributed by atoms with E-state index < -0.39 is 0 Å². The number of hydrogen-bond acceptors (Lipinski definition) is 2. The topological polar surface area (TPSA) is 29.4 Å². The first-order valence-electron chi connectivity index (χ1n) is 4.27. The van der Waals surface area contributed by atoms with Crippen molar-refractivity contribution in [2.24, 2.45) is 10.9 Å². The summed E-state index contributed by atoms with van der Waals surface area (Å²) < 4.78 is 0. The van der Waals surface area contributed by atoms with Crippen molar-refractivity contribution >= 4 is 6.08 Å². The minimum absolute atomic E-state index is 0.204. The average molecular weight is 155 g/mol. The van der Waals surface area contributed by atoms with E-state index in [1.165, 1.54) is 0 Å². The molecule has 64 valence electrons. The van der Waals surface area contributed by atoms with Gasteiger partial charge in [0.05, 0.1) is 6.04 Å². The van der Waals surface area contributed by atoms with Crippen LogP contribution in [0.4, 0.5) is 0 Å². The molecule has 0 aliphatic rings. The second kappa shape index (κ2) is 6.11. The van der Waals surface area contributed by atoms with Crippen LogP contribution in [-0.2, 0) is 4.79 Å². The fourth-order valence-electron chi connectivity index (χ4n) is 0.960. The third-order valence-electron chi connectivity index (χ3n) is 1.78. The van der Waals surface area contributed by atoms with E-state index >= 15 is 0 Å². The smallest absolute Gasteiger partial charge is 0.211 e. The Kier molecular flexibility index (Phi) is 5.77. The van der Waals surface area contributed by atoms with E-state index in [1.807, 2.05) is 6.92 Å². The van der Waals surface area contributed by atoms with Gasteiger partial charge in [-0.3, -0.25) is 0 Å². The van der Waals surface area contributed by atoms with Gasteiger partial charge in [0.2, 0.25) is 6.08 Å². The Morgan fingerprint density at radius 1 is 1.36 bits per heavy atom. The van der Waals surface area contributed by atoms with Gasteiger partial charge >= 0.3 is 0 Å². The van der Waals surface area contributed by atoms with Crippen LogP contribution in [0.3, 0.4) is 0 Å². The molecule has 1 unspecified atom stereocenters. The van der Waals surface area contributed by atoms with Gasteiger partial charge in [-0.05, 0) is 25.2 Å². The van der Waals surface area contributed by atoms with Crippen LogP contribution >= 0.6 is 0 Å². The van der Waals surface area contributed by atoms with Gasteiger partial charge in [-0.1, -0.05) is 20.8 Å². The van der Waals surface area contributed by atoms with Crippen molar-refractivity contribution in [1.82, 2.24) is 0 Å². The van der Waals surface area contributed by atoms with E-state index in [4.69, 9.17) is 0 Å². The number of aliphatic imine (C=N–C) groups is 1. The van der Waals surface area contributed by atoms with Crippen molar-refractivity contribution in [1.29, 1.82) is 0 Å². The van der Waals surface area contributed by atoms with E-state index in [0.29, 0.717) is 5.92 Å². The molecule has 11 heavy (non-hydrogen) atoms. The maximum absolute atomic E-state index is 9.93. The van der Waals surface area contributed by atoms with Crippen molar-refractivity contribution in [3.63, 3.8) is 0 Å². The summed E-state index contributed by atoms with van der Waals surface area (Å²) in [4.78, 5) is 13.6. The zero-order chi connectivity index (χ0) is 8.69. The lowest BCUT2D eigenvalue weighted by Gasteiger charge is -2.08. The average Bonchev–Trinajstić information content (AvgIpc) is 1.97. The summed E-state index contributed by atoms with van der Waals surface area (Å²) in [7, 11) is 0. The van der Waals surface area contributed by atoms with Crippen LogP contribution in [-0.4, -0.2) is 12.1 Å². The maximum atomic E-state index is 9.93. The van der Waals surface area contributed by atoms with Gasteiger partial charge in [-0.15, -0.1) is 0 Å². The minimum atomic E-state index is 0.204. The third-order valence-corrected chi connectivity index (χ3v) is 1.78. The zero-order valence-corrected chi connectivity index (χ0v) is 7.63. The van der Waals surface area contributed by atoms with Gasteiger partial charge in [0.25, 0.3) is 0 Å². The molecule has 1 atom stereocenters. The molecule has 0 saturated carbocycles. The largest absolute Gasteiger partial charge is 0.235 e. The fourth-order valence-corrected chi connectivity index (χ4v) is 0.960. The van der Waals surface area contributed by atoms with E-state index in [0.717, 1.165) is 19.3 Å². The van der Waals surface area contributed by atoms with Crippen LogP contribution < -0.4 is 0 Å². The Morgan fingerprint density at radius 2 is 2.00 bits per heavy atom. The van der Waals surface area contributed by atoms with Crippen LogP contribution in [0.15, 0.2) is 4.99 Å². The number of isocyanates is 1. The number of hydrogen-bond donors (Lipinski definition) is 0. The molecule has 0 heterocycles. The van der Waals surface area contributed by atoms with Crippen molar-refractivity contribution in [2.75, 3.05) is 0 Å². The molecule has 0 aliphatic heterocycles. The quantitative estimate of drug-likeness (QED) is 0.443. The Labute approximate surface area is 68.7 Å². The molecular weight excluding hydrogens is 138 g/mol. The SMILES string of the molecule is CCC(CCC(C)C)N=C=O. The highest BCUT2D eigenvalue weighted by Gasteiger charge is 2.04. The molecule has 0 rings (SSSR count). The van der Waals surface area contributed by atoms with Crippen molar-refractivity contribution in [3.8, 4) is 0 Å². The molecule has 2 heteroatoms. The summed E-state index contributed by atoms with van der Waals surface area (Å²) in [5.41, 5.74) is 0. The molecular formula is C9H17NO. The highest BCUT2D eigenvalue weighted by Crippen LogP contribution is 2.11. The Hall–Kier alpha value is -0.620. The third kappa shape index (κ3) is 5.81. The summed E-state index contributed by atoms with van der Waals surface area (Å²) in [6, 6.07) is 0.204. The predicted octanol–water partition coefficient (Wildman–Crippen LogP) is 2.54. The Balaban J connectivity index is 3.60. The zero-order valence-electron chi connectivity index (χ0n) is 7.63. The molecule has 0 aromatic rings. The molecule has 0 amide bonds. The summed E-state index contributed by atoms with van der Waals surface area (Å²) in [6.45, 7) is 6.40. The fraction of sp³-hybridized carbons (Fsp3) is 0.889. The molecule has 0 aliphatic carbocycles. The van der Waals surface area contributed by atoms with E-state index in [1.54, 1.807) is 6.08 Å². The van der Waals surface area contributed by atoms with Crippen LogP contribution in [0.1, 0.15) is 40.0 Å². The van der Waals surface area contributed by atoms with Crippen LogP contribution in [0.5, 0.6) is 0 Å². The monoisotopic (exact) mass is 155 g/mol. The molecule has 0 saturated heterocycles. The summed E-state index contributed by atoms with van der Waals surface area (Å²) in [6.07, 6.45) is 4.72. The van der Waals surface area contributed by atoms with E-state index in [-0.39, 0.29) is 6.04 Å². The lowest BCUT2D eigenvalue weighted by atomic mass is 10.0. The molecule has 0 spiro atoms. The van der Waals surface area contributed by atoms with Gasteiger partial charge in [0.15, 0.2) is 0 Å². The van der Waals surface area contributed by atoms with E-state index in [9.17, 15) is 4.79 Å². The first kappa shape index (κ1) is 10.4. The minimum Gasteiger partial charge on any atom is -0.211 e. The first-order chi connectivity index (χ1) is 5.20. The Bertz CT molecular complexity index is 136. The predicted molar refractivity (Wildman–Crippen MR) is 46.3 cm³/mol. The molecule has 0 aromatic carbocycles.